The Morgan fingerprint density at radius 3 is 1.46 bits per heavy atom. The monoisotopic (exact) mass is 832 g/mol. The first-order valence-corrected chi connectivity index (χ1v) is 21.4. The molecule has 1 N–H and O–H groups in total. The van der Waals surface area contributed by atoms with Gasteiger partial charge in [0.05, 0.1) is 30.0 Å². The van der Waals surface area contributed by atoms with E-state index in [2.05, 4.69) is 14.6 Å². The number of esters is 3. The number of aromatic nitrogens is 1. The standard InChI is InChI=1S/C41H61ClN6O8S/c1-39(2,3)54-35(49)27-46-20-18-45(17-16-43-57(52,53)30-14-15-34-33(26-30)31-12-10-11-13-32(31)38(42)44-34)19-21-47(28-36(50)55-40(4,5)6)23-25-48(24-22-46)29-37(51)56-41(7,8)9/h10-15,26,43H,16-25,27-29H2,1-9H3. The molecule has 0 atom stereocenters. The molecule has 1 aromatic heterocycles. The Hall–Kier alpha value is -3.44. The second-order valence-corrected chi connectivity index (χ2v) is 19.6. The van der Waals surface area contributed by atoms with Crippen LogP contribution in [-0.2, 0) is 38.6 Å². The zero-order valence-electron chi connectivity index (χ0n) is 35.0. The quantitative estimate of drug-likeness (QED) is 0.125. The van der Waals surface area contributed by atoms with Crippen molar-refractivity contribution < 1.29 is 37.0 Å². The van der Waals surface area contributed by atoms with Crippen LogP contribution < -0.4 is 4.72 Å². The number of halogens is 1. The molecular formula is C41H61ClN6O8S. The van der Waals surface area contributed by atoms with Gasteiger partial charge in [-0.2, -0.15) is 0 Å². The summed E-state index contributed by atoms with van der Waals surface area (Å²) in [6.45, 7) is 20.7. The van der Waals surface area contributed by atoms with Crippen LogP contribution in [0.25, 0.3) is 21.7 Å². The number of carbonyl (C=O) groups excluding carboxylic acids is 3. The summed E-state index contributed by atoms with van der Waals surface area (Å²) >= 11 is 6.41. The van der Waals surface area contributed by atoms with E-state index in [0.29, 0.717) is 75.0 Å². The molecule has 1 fully saturated rings. The highest BCUT2D eigenvalue weighted by Gasteiger charge is 2.26. The average Bonchev–Trinajstić information content (AvgIpc) is 3.06. The highest BCUT2D eigenvalue weighted by Crippen LogP contribution is 2.30. The fourth-order valence-corrected chi connectivity index (χ4v) is 7.73. The average molecular weight is 833 g/mol. The molecule has 3 aromatic rings. The molecule has 0 unspecified atom stereocenters. The number of ether oxygens (including phenoxy) is 3. The number of sulfonamides is 1. The highest BCUT2D eigenvalue weighted by molar-refractivity contribution is 7.89. The Morgan fingerprint density at radius 1 is 0.632 bits per heavy atom. The molecule has 0 saturated carbocycles. The Balaban J connectivity index is 1.54. The molecule has 0 aliphatic carbocycles. The maximum atomic E-state index is 13.7. The third kappa shape index (κ3) is 15.7. The van der Waals surface area contributed by atoms with Crippen molar-refractivity contribution >= 4 is 61.2 Å². The maximum absolute atomic E-state index is 13.7. The summed E-state index contributed by atoms with van der Waals surface area (Å²) in [4.78, 5) is 51.7. The molecule has 14 nitrogen and oxygen atoms in total. The number of hydrogen-bond acceptors (Lipinski definition) is 13. The van der Waals surface area contributed by atoms with Gasteiger partial charge in [0.15, 0.2) is 0 Å². The van der Waals surface area contributed by atoms with Gasteiger partial charge in [-0.05, 0) is 85.9 Å². The normalized spacial score (nSPS) is 16.9. The molecule has 1 aliphatic heterocycles. The van der Waals surface area contributed by atoms with E-state index in [0.717, 1.165) is 10.8 Å². The van der Waals surface area contributed by atoms with Gasteiger partial charge in [-0.25, -0.2) is 18.1 Å². The van der Waals surface area contributed by atoms with Crippen LogP contribution in [0.5, 0.6) is 0 Å². The molecule has 1 saturated heterocycles. The van der Waals surface area contributed by atoms with Crippen LogP contribution in [0.15, 0.2) is 47.4 Å². The Morgan fingerprint density at radius 2 is 1.04 bits per heavy atom. The van der Waals surface area contributed by atoms with E-state index < -0.39 is 26.8 Å². The van der Waals surface area contributed by atoms with Crippen molar-refractivity contribution in [2.75, 3.05) is 85.1 Å². The molecule has 57 heavy (non-hydrogen) atoms. The molecular weight excluding hydrogens is 772 g/mol. The third-order valence-electron chi connectivity index (χ3n) is 8.90. The Bertz CT molecular complexity index is 1930. The van der Waals surface area contributed by atoms with E-state index in [1.54, 1.807) is 12.1 Å². The summed E-state index contributed by atoms with van der Waals surface area (Å²) in [6.07, 6.45) is 0. The van der Waals surface area contributed by atoms with Crippen LogP contribution >= 0.6 is 11.6 Å². The molecule has 0 spiro atoms. The predicted octanol–water partition coefficient (Wildman–Crippen LogP) is 4.57. The van der Waals surface area contributed by atoms with Crippen molar-refractivity contribution in [1.29, 1.82) is 0 Å². The predicted molar refractivity (Wildman–Crippen MR) is 223 cm³/mol. The summed E-state index contributed by atoms with van der Waals surface area (Å²) in [5, 5.41) is 2.58. The summed E-state index contributed by atoms with van der Waals surface area (Å²) in [5.74, 6) is -1.09. The van der Waals surface area contributed by atoms with Gasteiger partial charge in [-0.3, -0.25) is 34.0 Å². The van der Waals surface area contributed by atoms with Crippen molar-refractivity contribution in [3.05, 3.63) is 47.6 Å². The lowest BCUT2D eigenvalue weighted by atomic mass is 10.1. The van der Waals surface area contributed by atoms with E-state index in [-0.39, 0.29) is 49.0 Å². The molecule has 0 bridgehead atoms. The largest absolute Gasteiger partial charge is 0.459 e. The summed E-state index contributed by atoms with van der Waals surface area (Å²) < 4.78 is 47.0. The number of carbonyl (C=O) groups is 3. The van der Waals surface area contributed by atoms with Gasteiger partial charge in [0.1, 0.15) is 22.0 Å². The van der Waals surface area contributed by atoms with Crippen LogP contribution in [0.2, 0.25) is 5.15 Å². The van der Waals surface area contributed by atoms with E-state index in [1.165, 1.54) is 6.07 Å². The zero-order chi connectivity index (χ0) is 42.2. The minimum Gasteiger partial charge on any atom is -0.459 e. The second kappa shape index (κ2) is 19.5. The number of rotatable bonds is 11. The minimum absolute atomic E-state index is 0.0412. The smallest absolute Gasteiger partial charge is 0.320 e. The Kier molecular flexibility index (Phi) is 15.9. The first kappa shape index (κ1) is 46.3. The van der Waals surface area contributed by atoms with E-state index in [1.807, 2.05) is 101 Å². The van der Waals surface area contributed by atoms with Gasteiger partial charge in [0.2, 0.25) is 10.0 Å². The molecule has 316 valence electrons. The van der Waals surface area contributed by atoms with Crippen LogP contribution in [0, 0.1) is 0 Å². The number of pyridine rings is 1. The molecule has 2 aromatic carbocycles. The first-order valence-electron chi connectivity index (χ1n) is 19.5. The van der Waals surface area contributed by atoms with Crippen LogP contribution in [-0.4, -0.2) is 153 Å². The molecule has 0 amide bonds. The molecule has 0 radical (unpaired) electrons. The lowest BCUT2D eigenvalue weighted by Crippen LogP contribution is -2.50. The Labute approximate surface area is 343 Å². The second-order valence-electron chi connectivity index (χ2n) is 17.5. The van der Waals surface area contributed by atoms with E-state index in [4.69, 9.17) is 25.8 Å². The summed E-state index contributed by atoms with van der Waals surface area (Å²) in [5.41, 5.74) is -1.37. The first-order chi connectivity index (χ1) is 26.5. The lowest BCUT2D eigenvalue weighted by molar-refractivity contribution is -0.158. The SMILES string of the molecule is CC(C)(C)OC(=O)CN1CCN(CCNS(=O)(=O)c2ccc3nc(Cl)c4ccccc4c3c2)CCN(CC(=O)OC(C)(C)C)CCN(CC(=O)OC(C)(C)C)CC1. The topological polar surface area (TPSA) is 151 Å². The summed E-state index contributed by atoms with van der Waals surface area (Å²) in [6, 6.07) is 12.3. The molecule has 1 aliphatic rings. The van der Waals surface area contributed by atoms with Crippen molar-refractivity contribution in [2.45, 2.75) is 84.0 Å². The number of nitrogens with one attached hydrogen (secondary N) is 1. The van der Waals surface area contributed by atoms with E-state index in [9.17, 15) is 22.8 Å². The van der Waals surface area contributed by atoms with Crippen LogP contribution in [0.3, 0.4) is 0 Å². The lowest BCUT2D eigenvalue weighted by Gasteiger charge is -2.34. The molecule has 4 rings (SSSR count). The van der Waals surface area contributed by atoms with Crippen molar-refractivity contribution in [3.8, 4) is 0 Å². The fourth-order valence-electron chi connectivity index (χ4n) is 6.43. The molecule has 2 heterocycles. The highest BCUT2D eigenvalue weighted by atomic mass is 35.5. The fraction of sp³-hybridized carbons (Fsp3) is 0.610. The van der Waals surface area contributed by atoms with Gasteiger partial charge in [-0.15, -0.1) is 0 Å². The third-order valence-corrected chi connectivity index (χ3v) is 10.7. The number of hydrogen-bond donors (Lipinski definition) is 1. The van der Waals surface area contributed by atoms with Crippen molar-refractivity contribution in [1.82, 2.24) is 29.3 Å². The van der Waals surface area contributed by atoms with Crippen LogP contribution in [0.4, 0.5) is 0 Å². The molecule has 16 heteroatoms. The van der Waals surface area contributed by atoms with E-state index >= 15 is 0 Å². The van der Waals surface area contributed by atoms with Gasteiger partial charge >= 0.3 is 17.9 Å². The summed E-state index contributed by atoms with van der Waals surface area (Å²) in [7, 11) is -3.91. The number of fused-ring (bicyclic) bond motifs is 3. The van der Waals surface area contributed by atoms with Crippen molar-refractivity contribution in [3.63, 3.8) is 0 Å². The zero-order valence-corrected chi connectivity index (χ0v) is 36.6. The van der Waals surface area contributed by atoms with Gasteiger partial charge in [-0.1, -0.05) is 35.9 Å². The van der Waals surface area contributed by atoms with Gasteiger partial charge < -0.3 is 14.2 Å². The van der Waals surface area contributed by atoms with Crippen molar-refractivity contribution in [2.24, 2.45) is 0 Å². The van der Waals surface area contributed by atoms with Crippen LogP contribution in [0.1, 0.15) is 62.3 Å². The number of nitrogens with zero attached hydrogens (tertiary/aromatic N) is 5. The van der Waals surface area contributed by atoms with Gasteiger partial charge in [0.25, 0.3) is 0 Å². The van der Waals surface area contributed by atoms with Gasteiger partial charge in [0, 0.05) is 76.2 Å². The number of benzene rings is 2. The minimum atomic E-state index is -3.91. The maximum Gasteiger partial charge on any atom is 0.320 e.